The van der Waals surface area contributed by atoms with Gasteiger partial charge in [0.1, 0.15) is 5.75 Å². The van der Waals surface area contributed by atoms with E-state index < -0.39 is 0 Å². The molecule has 1 aliphatic rings. The summed E-state index contributed by atoms with van der Waals surface area (Å²) in [5, 5.41) is 9.06. The van der Waals surface area contributed by atoms with Crippen LogP contribution >= 0.6 is 35.3 Å². The Hall–Kier alpha value is -1.34. The Morgan fingerprint density at radius 1 is 1.52 bits per heavy atom. The highest BCUT2D eigenvalue weighted by atomic mass is 35.5. The molecule has 2 N–H and O–H groups in total. The fourth-order valence-electron chi connectivity index (χ4n) is 2.39. The summed E-state index contributed by atoms with van der Waals surface area (Å²) in [6.45, 7) is 0.894. The number of benzene rings is 1. The Balaban J connectivity index is 0.00000192. The molecule has 2 heterocycles. The van der Waals surface area contributed by atoms with E-state index >= 15 is 0 Å². The van der Waals surface area contributed by atoms with Crippen LogP contribution in [-0.4, -0.2) is 30.6 Å². The Morgan fingerprint density at radius 2 is 2.35 bits per heavy atom. The van der Waals surface area contributed by atoms with Crippen molar-refractivity contribution in [3.8, 4) is 17.0 Å². The number of carbonyl (C=O) groups excluding carboxylic acids is 1. The molecule has 1 aromatic heterocycles. The summed E-state index contributed by atoms with van der Waals surface area (Å²) in [5.41, 5.74) is 1.67. The molecule has 8 heteroatoms. The van der Waals surface area contributed by atoms with Gasteiger partial charge >= 0.3 is 0 Å². The number of nitrogens with zero attached hydrogens (tertiary/aromatic N) is 1. The zero-order valence-corrected chi connectivity index (χ0v) is 14.9. The third-order valence-corrected chi connectivity index (χ3v) is 4.61. The van der Waals surface area contributed by atoms with Crippen LogP contribution in [0.3, 0.4) is 0 Å². The summed E-state index contributed by atoms with van der Waals surface area (Å²) >= 11 is 7.53. The number of aromatic nitrogens is 1. The van der Waals surface area contributed by atoms with Gasteiger partial charge in [-0.05, 0) is 37.6 Å². The number of carbonyl (C=O) groups is 1. The van der Waals surface area contributed by atoms with E-state index in [2.05, 4.69) is 15.6 Å². The maximum absolute atomic E-state index is 12.1. The Kier molecular flexibility index (Phi) is 6.24. The van der Waals surface area contributed by atoms with Gasteiger partial charge < -0.3 is 15.4 Å². The summed E-state index contributed by atoms with van der Waals surface area (Å²) in [7, 11) is 1.58. The number of thiazole rings is 1. The first-order valence-corrected chi connectivity index (χ1v) is 8.27. The van der Waals surface area contributed by atoms with E-state index in [4.69, 9.17) is 16.3 Å². The van der Waals surface area contributed by atoms with Gasteiger partial charge in [-0.15, -0.1) is 23.7 Å². The normalized spacial score (nSPS) is 16.7. The van der Waals surface area contributed by atoms with E-state index in [1.807, 2.05) is 11.4 Å². The lowest BCUT2D eigenvalue weighted by Crippen LogP contribution is -2.35. The van der Waals surface area contributed by atoms with Crippen molar-refractivity contribution in [2.45, 2.75) is 18.9 Å². The molecule has 0 saturated carbocycles. The quantitative estimate of drug-likeness (QED) is 0.859. The van der Waals surface area contributed by atoms with Gasteiger partial charge in [0.05, 0.1) is 23.9 Å². The number of rotatable bonds is 4. The molecule has 3 rings (SSSR count). The molecule has 0 bridgehead atoms. The molecule has 1 atom stereocenters. The molecule has 1 unspecified atom stereocenters. The summed E-state index contributed by atoms with van der Waals surface area (Å²) in [5.74, 6) is 0.604. The fraction of sp³-hybridized carbons (Fsp3) is 0.333. The third kappa shape index (κ3) is 4.14. The Bertz CT molecular complexity index is 687. The second-order valence-corrected chi connectivity index (χ2v) is 6.29. The maximum Gasteiger partial charge on any atom is 0.243 e. The summed E-state index contributed by atoms with van der Waals surface area (Å²) in [6.07, 6.45) is 1.91. The number of amides is 1. The maximum atomic E-state index is 12.1. The number of hydrogen-bond acceptors (Lipinski definition) is 5. The lowest BCUT2D eigenvalue weighted by atomic mass is 10.2. The van der Waals surface area contributed by atoms with Gasteiger partial charge in [-0.1, -0.05) is 11.6 Å². The largest absolute Gasteiger partial charge is 0.495 e. The van der Waals surface area contributed by atoms with Crippen LogP contribution in [0.25, 0.3) is 11.3 Å². The molecule has 0 radical (unpaired) electrons. The van der Waals surface area contributed by atoms with E-state index in [0.29, 0.717) is 15.9 Å². The molecule has 1 amide bonds. The molecule has 1 fully saturated rings. The lowest BCUT2D eigenvalue weighted by molar-refractivity contribution is -0.117. The summed E-state index contributed by atoms with van der Waals surface area (Å²) in [4.78, 5) is 16.5. The van der Waals surface area contributed by atoms with Gasteiger partial charge in [-0.2, -0.15) is 0 Å². The van der Waals surface area contributed by atoms with Crippen LogP contribution < -0.4 is 15.4 Å². The van der Waals surface area contributed by atoms with Gasteiger partial charge in [0.15, 0.2) is 5.13 Å². The van der Waals surface area contributed by atoms with Crippen molar-refractivity contribution in [2.75, 3.05) is 19.0 Å². The van der Waals surface area contributed by atoms with Crippen molar-refractivity contribution in [3.05, 3.63) is 28.6 Å². The molecule has 1 aliphatic heterocycles. The highest BCUT2D eigenvalue weighted by molar-refractivity contribution is 7.14. The monoisotopic (exact) mass is 373 g/mol. The van der Waals surface area contributed by atoms with Crippen LogP contribution in [0, 0.1) is 0 Å². The highest BCUT2D eigenvalue weighted by Crippen LogP contribution is 2.31. The van der Waals surface area contributed by atoms with Crippen LogP contribution in [-0.2, 0) is 4.79 Å². The molecular weight excluding hydrogens is 357 g/mol. The first-order chi connectivity index (χ1) is 10.7. The van der Waals surface area contributed by atoms with Crippen molar-refractivity contribution in [1.82, 2.24) is 10.3 Å². The molecule has 0 aliphatic carbocycles. The van der Waals surface area contributed by atoms with Gasteiger partial charge in [-0.3, -0.25) is 4.79 Å². The molecule has 124 valence electrons. The zero-order valence-electron chi connectivity index (χ0n) is 12.5. The van der Waals surface area contributed by atoms with Crippen molar-refractivity contribution >= 4 is 46.4 Å². The second-order valence-electron chi connectivity index (χ2n) is 5.03. The van der Waals surface area contributed by atoms with Crippen molar-refractivity contribution < 1.29 is 9.53 Å². The minimum atomic E-state index is -0.109. The van der Waals surface area contributed by atoms with Gasteiger partial charge in [0.25, 0.3) is 0 Å². The van der Waals surface area contributed by atoms with Gasteiger partial charge in [0, 0.05) is 10.9 Å². The Labute approximate surface area is 149 Å². The average Bonchev–Trinajstić information content (AvgIpc) is 3.18. The Morgan fingerprint density at radius 3 is 3.00 bits per heavy atom. The fourth-order valence-corrected chi connectivity index (χ4v) is 3.37. The van der Waals surface area contributed by atoms with Crippen molar-refractivity contribution in [1.29, 1.82) is 0 Å². The van der Waals surface area contributed by atoms with Gasteiger partial charge in [0.2, 0.25) is 5.91 Å². The molecule has 2 aromatic rings. The molecular formula is C15H17Cl2N3O2S. The number of halogens is 2. The number of nitrogens with one attached hydrogen (secondary N) is 2. The van der Waals surface area contributed by atoms with Crippen LogP contribution in [0.5, 0.6) is 5.75 Å². The van der Waals surface area contributed by atoms with Crippen LogP contribution in [0.1, 0.15) is 12.8 Å². The van der Waals surface area contributed by atoms with E-state index in [-0.39, 0.29) is 24.4 Å². The topological polar surface area (TPSA) is 63.2 Å². The van der Waals surface area contributed by atoms with Crippen LogP contribution in [0.15, 0.2) is 23.6 Å². The summed E-state index contributed by atoms with van der Waals surface area (Å²) in [6, 6.07) is 5.39. The molecule has 5 nitrogen and oxygen atoms in total. The van der Waals surface area contributed by atoms with E-state index in [9.17, 15) is 4.79 Å². The summed E-state index contributed by atoms with van der Waals surface area (Å²) < 4.78 is 5.14. The van der Waals surface area contributed by atoms with Crippen LogP contribution in [0.2, 0.25) is 5.02 Å². The number of methoxy groups -OCH3 is 1. The SMILES string of the molecule is COc1ccc(-c2csc(NC(=O)C3CCCN3)n2)cc1Cl.Cl. The first-order valence-electron chi connectivity index (χ1n) is 7.01. The standard InChI is InChI=1S/C15H16ClN3O2S.ClH/c1-21-13-5-4-9(7-10(13)16)12-8-22-15(18-12)19-14(20)11-3-2-6-17-11;/h4-5,7-8,11,17H,2-3,6H2,1H3,(H,18,19,20);1H. The van der Waals surface area contributed by atoms with Gasteiger partial charge in [-0.25, -0.2) is 4.98 Å². The molecule has 1 saturated heterocycles. The second kappa shape index (κ2) is 7.97. The number of ether oxygens (including phenoxy) is 1. The van der Waals surface area contributed by atoms with E-state index in [1.54, 1.807) is 19.2 Å². The van der Waals surface area contributed by atoms with E-state index in [0.717, 1.165) is 30.6 Å². The molecule has 23 heavy (non-hydrogen) atoms. The van der Waals surface area contributed by atoms with Crippen molar-refractivity contribution in [3.63, 3.8) is 0 Å². The average molecular weight is 374 g/mol. The van der Waals surface area contributed by atoms with Crippen molar-refractivity contribution in [2.24, 2.45) is 0 Å². The van der Waals surface area contributed by atoms with E-state index in [1.165, 1.54) is 11.3 Å². The molecule has 1 aromatic carbocycles. The van der Waals surface area contributed by atoms with Crippen LogP contribution in [0.4, 0.5) is 5.13 Å². The predicted molar refractivity (Wildman–Crippen MR) is 96.0 cm³/mol. The minimum Gasteiger partial charge on any atom is -0.495 e. The highest BCUT2D eigenvalue weighted by Gasteiger charge is 2.22. The molecule has 0 spiro atoms. The number of hydrogen-bond donors (Lipinski definition) is 2. The number of anilines is 1. The zero-order chi connectivity index (χ0) is 15.5. The third-order valence-electron chi connectivity index (χ3n) is 3.56. The lowest BCUT2D eigenvalue weighted by Gasteiger charge is -2.08. The minimum absolute atomic E-state index is 0. The first kappa shape index (κ1) is 18.0. The smallest absolute Gasteiger partial charge is 0.243 e. The predicted octanol–water partition coefficient (Wildman–Crippen LogP) is 3.58.